The number of esters is 1. The highest BCUT2D eigenvalue weighted by molar-refractivity contribution is 7.10. The van der Waals surface area contributed by atoms with Crippen LogP contribution >= 0.6 is 11.3 Å². The molecule has 3 rings (SSSR count). The average molecular weight is 426 g/mol. The van der Waals surface area contributed by atoms with Gasteiger partial charge in [0.2, 0.25) is 5.91 Å². The standard InChI is InChI=1S/C21H22N4O4S/c1-29-20(27)13-17(18-6-3-11-30-18)24-21(28)15-4-2-5-16(12-15)23-19(26)7-9-25-10-8-22-14-25/h2-6,8,10-12,14,17H,7,9,13H2,1H3,(H,23,26)(H,24,28). The first kappa shape index (κ1) is 21.3. The first-order chi connectivity index (χ1) is 14.5. The zero-order chi connectivity index (χ0) is 21.3. The van der Waals surface area contributed by atoms with Gasteiger partial charge in [0.1, 0.15) is 0 Å². The van der Waals surface area contributed by atoms with Crippen LogP contribution in [0.5, 0.6) is 0 Å². The van der Waals surface area contributed by atoms with Gasteiger partial charge in [0.15, 0.2) is 0 Å². The minimum absolute atomic E-state index is 0.0351. The van der Waals surface area contributed by atoms with Crippen molar-refractivity contribution in [2.75, 3.05) is 12.4 Å². The molecule has 0 fully saturated rings. The van der Waals surface area contributed by atoms with Gasteiger partial charge in [0.05, 0.1) is 25.9 Å². The largest absolute Gasteiger partial charge is 0.469 e. The number of rotatable bonds is 9. The molecule has 0 bridgehead atoms. The zero-order valence-electron chi connectivity index (χ0n) is 16.4. The number of nitrogens with zero attached hydrogens (tertiary/aromatic N) is 2. The third kappa shape index (κ3) is 6.02. The average Bonchev–Trinajstić information content (AvgIpc) is 3.46. The number of carbonyl (C=O) groups is 3. The number of hydrogen-bond acceptors (Lipinski definition) is 6. The van der Waals surface area contributed by atoms with Crippen molar-refractivity contribution in [3.05, 3.63) is 70.9 Å². The molecule has 0 spiro atoms. The van der Waals surface area contributed by atoms with E-state index in [0.29, 0.717) is 17.8 Å². The van der Waals surface area contributed by atoms with E-state index in [1.807, 2.05) is 22.1 Å². The second-order valence-corrected chi connectivity index (χ2v) is 7.48. The summed E-state index contributed by atoms with van der Waals surface area (Å²) in [4.78, 5) is 41.5. The van der Waals surface area contributed by atoms with Gasteiger partial charge in [-0.15, -0.1) is 11.3 Å². The third-order valence-corrected chi connectivity index (χ3v) is 5.34. The fourth-order valence-electron chi connectivity index (χ4n) is 2.82. The molecule has 0 aliphatic heterocycles. The van der Waals surface area contributed by atoms with E-state index in [1.165, 1.54) is 18.4 Å². The molecule has 2 aromatic heterocycles. The molecule has 156 valence electrons. The smallest absolute Gasteiger partial charge is 0.307 e. The first-order valence-electron chi connectivity index (χ1n) is 9.32. The lowest BCUT2D eigenvalue weighted by molar-refractivity contribution is -0.141. The number of nitrogens with one attached hydrogen (secondary N) is 2. The normalized spacial score (nSPS) is 11.5. The van der Waals surface area contributed by atoms with E-state index in [9.17, 15) is 14.4 Å². The van der Waals surface area contributed by atoms with Crippen LogP contribution in [-0.4, -0.2) is 34.4 Å². The summed E-state index contributed by atoms with van der Waals surface area (Å²) in [6.07, 6.45) is 5.41. The highest BCUT2D eigenvalue weighted by Crippen LogP contribution is 2.23. The Balaban J connectivity index is 1.62. The maximum atomic E-state index is 12.8. The first-order valence-corrected chi connectivity index (χ1v) is 10.2. The second kappa shape index (κ2) is 10.4. The van der Waals surface area contributed by atoms with Crippen LogP contribution in [0, 0.1) is 0 Å². The number of aromatic nitrogens is 2. The van der Waals surface area contributed by atoms with Gasteiger partial charge < -0.3 is 19.9 Å². The minimum atomic E-state index is -0.488. The van der Waals surface area contributed by atoms with Gasteiger partial charge in [-0.05, 0) is 29.6 Å². The number of hydrogen-bond donors (Lipinski definition) is 2. The van der Waals surface area contributed by atoms with E-state index in [-0.39, 0.29) is 24.7 Å². The number of aryl methyl sites for hydroxylation is 1. The predicted molar refractivity (Wildman–Crippen MR) is 113 cm³/mol. The molecule has 0 aliphatic rings. The van der Waals surface area contributed by atoms with Gasteiger partial charge >= 0.3 is 5.97 Å². The number of carbonyl (C=O) groups excluding carboxylic acids is 3. The zero-order valence-corrected chi connectivity index (χ0v) is 17.2. The Kier molecular flexibility index (Phi) is 7.34. The fourth-order valence-corrected chi connectivity index (χ4v) is 3.59. The third-order valence-electron chi connectivity index (χ3n) is 4.36. The Morgan fingerprint density at radius 2 is 2.10 bits per heavy atom. The molecule has 8 nitrogen and oxygen atoms in total. The van der Waals surface area contributed by atoms with E-state index < -0.39 is 12.0 Å². The van der Waals surface area contributed by atoms with E-state index >= 15 is 0 Å². The number of amides is 2. The lowest BCUT2D eigenvalue weighted by atomic mass is 10.1. The van der Waals surface area contributed by atoms with Crippen LogP contribution in [0.25, 0.3) is 0 Å². The topological polar surface area (TPSA) is 102 Å². The summed E-state index contributed by atoms with van der Waals surface area (Å²) in [7, 11) is 1.31. The number of ether oxygens (including phenoxy) is 1. The molecule has 9 heteroatoms. The molecule has 30 heavy (non-hydrogen) atoms. The summed E-state index contributed by atoms with van der Waals surface area (Å²) < 4.78 is 6.55. The van der Waals surface area contributed by atoms with E-state index in [0.717, 1.165) is 4.88 Å². The molecule has 2 heterocycles. The molecule has 0 radical (unpaired) electrons. The Labute approximate surface area is 177 Å². The van der Waals surface area contributed by atoms with E-state index in [2.05, 4.69) is 15.6 Å². The summed E-state index contributed by atoms with van der Waals surface area (Å²) in [5.41, 5.74) is 0.910. The summed E-state index contributed by atoms with van der Waals surface area (Å²) >= 11 is 1.45. The molecule has 1 unspecified atom stereocenters. The molecule has 3 aromatic rings. The van der Waals surface area contributed by atoms with E-state index in [1.54, 1.807) is 43.0 Å². The Morgan fingerprint density at radius 1 is 1.23 bits per heavy atom. The van der Waals surface area contributed by atoms with Crippen molar-refractivity contribution in [3.8, 4) is 0 Å². The van der Waals surface area contributed by atoms with Crippen molar-refractivity contribution in [1.29, 1.82) is 0 Å². The Hall–Kier alpha value is -3.46. The van der Waals surface area contributed by atoms with Crippen molar-refractivity contribution in [3.63, 3.8) is 0 Å². The fraction of sp³-hybridized carbons (Fsp3) is 0.238. The Bertz CT molecular complexity index is 986. The van der Waals surface area contributed by atoms with Crippen molar-refractivity contribution in [2.45, 2.75) is 25.4 Å². The molecule has 2 N–H and O–H groups in total. The molecular weight excluding hydrogens is 404 g/mol. The number of benzene rings is 1. The monoisotopic (exact) mass is 426 g/mol. The number of thiophene rings is 1. The summed E-state index contributed by atoms with van der Waals surface area (Å²) in [6, 6.07) is 9.90. The van der Waals surface area contributed by atoms with Gasteiger partial charge in [-0.2, -0.15) is 0 Å². The number of anilines is 1. The van der Waals surface area contributed by atoms with Gasteiger partial charge in [-0.1, -0.05) is 12.1 Å². The minimum Gasteiger partial charge on any atom is -0.469 e. The molecule has 0 aliphatic carbocycles. The summed E-state index contributed by atoms with van der Waals surface area (Å²) in [5.74, 6) is -0.914. The maximum Gasteiger partial charge on any atom is 0.307 e. The molecule has 0 saturated heterocycles. The Morgan fingerprint density at radius 3 is 2.80 bits per heavy atom. The highest BCUT2D eigenvalue weighted by Gasteiger charge is 2.20. The molecular formula is C21H22N4O4S. The van der Waals surface area contributed by atoms with Crippen molar-refractivity contribution in [2.24, 2.45) is 0 Å². The van der Waals surface area contributed by atoms with Gasteiger partial charge in [-0.3, -0.25) is 14.4 Å². The van der Waals surface area contributed by atoms with Gasteiger partial charge in [-0.25, -0.2) is 4.98 Å². The van der Waals surface area contributed by atoms with Crippen LogP contribution in [0.4, 0.5) is 5.69 Å². The molecule has 1 aromatic carbocycles. The number of imidazole rings is 1. The highest BCUT2D eigenvalue weighted by atomic mass is 32.1. The van der Waals surface area contributed by atoms with Crippen LogP contribution in [0.15, 0.2) is 60.5 Å². The van der Waals surface area contributed by atoms with Crippen LogP contribution in [-0.2, 0) is 20.9 Å². The second-order valence-electron chi connectivity index (χ2n) is 6.50. The molecule has 2 amide bonds. The van der Waals surface area contributed by atoms with Crippen LogP contribution < -0.4 is 10.6 Å². The summed E-state index contributed by atoms with van der Waals surface area (Å²) in [5, 5.41) is 7.55. The SMILES string of the molecule is COC(=O)CC(NC(=O)c1cccc(NC(=O)CCn2ccnc2)c1)c1cccs1. The van der Waals surface area contributed by atoms with E-state index in [4.69, 9.17) is 4.74 Å². The number of methoxy groups -OCH3 is 1. The van der Waals surface area contributed by atoms with Crippen molar-refractivity contribution >= 4 is 34.8 Å². The van der Waals surface area contributed by atoms with Crippen molar-refractivity contribution in [1.82, 2.24) is 14.9 Å². The maximum absolute atomic E-state index is 12.8. The molecule has 1 atom stereocenters. The summed E-state index contributed by atoms with van der Waals surface area (Å²) in [6.45, 7) is 0.516. The quantitative estimate of drug-likeness (QED) is 0.512. The van der Waals surface area contributed by atoms with Crippen LogP contribution in [0.3, 0.4) is 0 Å². The van der Waals surface area contributed by atoms with Crippen LogP contribution in [0.2, 0.25) is 0 Å². The lowest BCUT2D eigenvalue weighted by Crippen LogP contribution is -2.30. The predicted octanol–water partition coefficient (Wildman–Crippen LogP) is 3.01. The van der Waals surface area contributed by atoms with Crippen molar-refractivity contribution < 1.29 is 19.1 Å². The van der Waals surface area contributed by atoms with Gasteiger partial charge in [0.25, 0.3) is 5.91 Å². The van der Waals surface area contributed by atoms with Gasteiger partial charge in [0, 0.05) is 41.5 Å². The lowest BCUT2D eigenvalue weighted by Gasteiger charge is -2.17. The molecule has 0 saturated carbocycles. The van der Waals surface area contributed by atoms with Crippen LogP contribution in [0.1, 0.15) is 34.1 Å².